The van der Waals surface area contributed by atoms with Crippen molar-refractivity contribution in [3.63, 3.8) is 0 Å². The van der Waals surface area contributed by atoms with Gasteiger partial charge in [0.05, 0.1) is 0 Å². The first-order valence-electron chi connectivity index (χ1n) is 10.3. The third-order valence-electron chi connectivity index (χ3n) is 5.67. The maximum Gasteiger partial charge on any atom is 0.251 e. The van der Waals surface area contributed by atoms with E-state index in [0.29, 0.717) is 5.92 Å². The van der Waals surface area contributed by atoms with Crippen LogP contribution in [0.5, 0.6) is 0 Å². The third kappa shape index (κ3) is 5.30. The van der Waals surface area contributed by atoms with E-state index in [0.717, 1.165) is 55.7 Å². The molecule has 1 fully saturated rings. The van der Waals surface area contributed by atoms with Crippen molar-refractivity contribution in [3.8, 4) is 11.1 Å². The van der Waals surface area contributed by atoms with Crippen molar-refractivity contribution < 1.29 is 4.79 Å². The highest BCUT2D eigenvalue weighted by atomic mass is 16.1. The van der Waals surface area contributed by atoms with E-state index < -0.39 is 0 Å². The average molecular weight is 386 g/mol. The molecule has 0 unspecified atom stereocenters. The van der Waals surface area contributed by atoms with Crippen molar-refractivity contribution in [2.75, 3.05) is 19.6 Å². The number of aromatic nitrogens is 1. The van der Waals surface area contributed by atoms with Gasteiger partial charge in [-0.15, -0.1) is 0 Å². The minimum Gasteiger partial charge on any atom is -0.352 e. The van der Waals surface area contributed by atoms with Crippen LogP contribution in [0.25, 0.3) is 11.1 Å². The minimum absolute atomic E-state index is 0.0174. The lowest BCUT2D eigenvalue weighted by Crippen LogP contribution is -2.38. The summed E-state index contributed by atoms with van der Waals surface area (Å²) >= 11 is 0. The summed E-state index contributed by atoms with van der Waals surface area (Å²) in [5.41, 5.74) is 4.33. The fourth-order valence-corrected chi connectivity index (χ4v) is 3.88. The number of amides is 1. The van der Waals surface area contributed by atoms with Gasteiger partial charge in [-0.2, -0.15) is 0 Å². The third-order valence-corrected chi connectivity index (χ3v) is 5.67. The summed E-state index contributed by atoms with van der Waals surface area (Å²) < 4.78 is 0. The summed E-state index contributed by atoms with van der Waals surface area (Å²) in [6, 6.07) is 22.2. The highest BCUT2D eigenvalue weighted by Gasteiger charge is 2.20. The molecule has 3 aromatic rings. The van der Waals surface area contributed by atoms with E-state index in [1.807, 2.05) is 54.9 Å². The summed E-state index contributed by atoms with van der Waals surface area (Å²) in [5, 5.41) is 3.13. The summed E-state index contributed by atoms with van der Waals surface area (Å²) in [6.45, 7) is 3.89. The van der Waals surface area contributed by atoms with E-state index in [1.165, 1.54) is 5.56 Å². The Morgan fingerprint density at radius 2 is 1.55 bits per heavy atom. The zero-order valence-electron chi connectivity index (χ0n) is 16.6. The largest absolute Gasteiger partial charge is 0.352 e. The molecule has 0 radical (unpaired) electrons. The smallest absolute Gasteiger partial charge is 0.251 e. The van der Waals surface area contributed by atoms with Gasteiger partial charge in [-0.05, 0) is 72.8 Å². The van der Waals surface area contributed by atoms with Crippen molar-refractivity contribution >= 4 is 5.91 Å². The summed E-state index contributed by atoms with van der Waals surface area (Å²) in [6.07, 6.45) is 5.95. The van der Waals surface area contributed by atoms with Crippen LogP contribution in [0, 0.1) is 5.92 Å². The molecule has 1 amide bonds. The van der Waals surface area contributed by atoms with Crippen LogP contribution in [0.4, 0.5) is 0 Å². The molecule has 0 spiro atoms. The van der Waals surface area contributed by atoms with E-state index >= 15 is 0 Å². The number of nitrogens with zero attached hydrogens (tertiary/aromatic N) is 2. The summed E-state index contributed by atoms with van der Waals surface area (Å²) in [5.74, 6) is 0.569. The van der Waals surface area contributed by atoms with Crippen molar-refractivity contribution in [2.24, 2.45) is 5.92 Å². The highest BCUT2D eigenvalue weighted by Crippen LogP contribution is 2.20. The number of nitrogens with one attached hydrogen (secondary N) is 1. The number of pyridine rings is 1. The van der Waals surface area contributed by atoms with E-state index in [4.69, 9.17) is 0 Å². The molecule has 0 saturated carbocycles. The molecular formula is C25H27N3O. The molecule has 4 heteroatoms. The van der Waals surface area contributed by atoms with Gasteiger partial charge in [0.25, 0.3) is 5.91 Å². The molecule has 1 saturated heterocycles. The predicted octanol–water partition coefficient (Wildman–Crippen LogP) is 4.39. The van der Waals surface area contributed by atoms with Crippen molar-refractivity contribution in [1.82, 2.24) is 15.2 Å². The van der Waals surface area contributed by atoms with Gasteiger partial charge in [0.2, 0.25) is 0 Å². The lowest BCUT2D eigenvalue weighted by Gasteiger charge is -2.32. The maximum atomic E-state index is 12.5. The van der Waals surface area contributed by atoms with Gasteiger partial charge in [0.15, 0.2) is 0 Å². The SMILES string of the molecule is O=C(NCC1CCN(Cc2ccncc2)CC1)c1ccc(-c2ccccc2)cc1. The second-order valence-electron chi connectivity index (χ2n) is 7.73. The molecule has 2 aromatic carbocycles. The number of carbonyl (C=O) groups excluding carboxylic acids is 1. The first-order chi connectivity index (χ1) is 14.3. The van der Waals surface area contributed by atoms with Crippen LogP contribution < -0.4 is 5.32 Å². The molecule has 1 N–H and O–H groups in total. The first-order valence-corrected chi connectivity index (χ1v) is 10.3. The Labute approximate surface area is 172 Å². The van der Waals surface area contributed by atoms with Gasteiger partial charge in [-0.25, -0.2) is 0 Å². The Morgan fingerprint density at radius 1 is 0.897 bits per heavy atom. The second kappa shape index (κ2) is 9.48. The van der Waals surface area contributed by atoms with Gasteiger partial charge >= 0.3 is 0 Å². The number of hydrogen-bond acceptors (Lipinski definition) is 3. The topological polar surface area (TPSA) is 45.2 Å². The minimum atomic E-state index is 0.0174. The van der Waals surface area contributed by atoms with Crippen LogP contribution in [-0.4, -0.2) is 35.4 Å². The lowest BCUT2D eigenvalue weighted by molar-refractivity contribution is 0.0935. The normalized spacial score (nSPS) is 15.2. The number of benzene rings is 2. The van der Waals surface area contributed by atoms with Gasteiger partial charge < -0.3 is 5.32 Å². The molecule has 0 atom stereocenters. The Balaban J connectivity index is 1.23. The number of likely N-dealkylation sites (tertiary alicyclic amines) is 1. The molecule has 4 rings (SSSR count). The Hall–Kier alpha value is -2.98. The number of hydrogen-bond donors (Lipinski definition) is 1. The molecule has 1 aliphatic heterocycles. The van der Waals surface area contributed by atoms with Gasteiger partial charge in [-0.1, -0.05) is 42.5 Å². The Morgan fingerprint density at radius 3 is 2.24 bits per heavy atom. The van der Waals surface area contributed by atoms with Crippen LogP contribution in [0.3, 0.4) is 0 Å². The molecule has 29 heavy (non-hydrogen) atoms. The summed E-state index contributed by atoms with van der Waals surface area (Å²) in [7, 11) is 0. The van der Waals surface area contributed by atoms with Crippen LogP contribution >= 0.6 is 0 Å². The quantitative estimate of drug-likeness (QED) is 0.684. The lowest BCUT2D eigenvalue weighted by atomic mass is 9.96. The Kier molecular flexibility index (Phi) is 6.32. The van der Waals surface area contributed by atoms with E-state index in [-0.39, 0.29) is 5.91 Å². The van der Waals surface area contributed by atoms with Crippen LogP contribution in [0.1, 0.15) is 28.8 Å². The fourth-order valence-electron chi connectivity index (χ4n) is 3.88. The molecule has 2 heterocycles. The second-order valence-corrected chi connectivity index (χ2v) is 7.73. The molecule has 1 aromatic heterocycles. The van der Waals surface area contributed by atoms with Gasteiger partial charge in [0.1, 0.15) is 0 Å². The number of rotatable bonds is 6. The average Bonchev–Trinajstić information content (AvgIpc) is 2.80. The maximum absolute atomic E-state index is 12.5. The zero-order chi connectivity index (χ0) is 19.9. The zero-order valence-corrected chi connectivity index (χ0v) is 16.6. The van der Waals surface area contributed by atoms with Crippen molar-refractivity contribution in [1.29, 1.82) is 0 Å². The molecular weight excluding hydrogens is 358 g/mol. The first kappa shape index (κ1) is 19.3. The standard InChI is InChI=1S/C25H27N3O/c29-25(24-8-6-23(7-9-24)22-4-2-1-3-5-22)27-18-20-12-16-28(17-13-20)19-21-10-14-26-15-11-21/h1-11,14-15,20H,12-13,16-19H2,(H,27,29). The van der Waals surface area contributed by atoms with Crippen molar-refractivity contribution in [3.05, 3.63) is 90.3 Å². The van der Waals surface area contributed by atoms with E-state index in [1.54, 1.807) is 0 Å². The number of carbonyl (C=O) groups is 1. The van der Waals surface area contributed by atoms with Gasteiger partial charge in [-0.3, -0.25) is 14.7 Å². The van der Waals surface area contributed by atoms with Gasteiger partial charge in [0, 0.05) is 31.0 Å². The van der Waals surface area contributed by atoms with Crippen LogP contribution in [0.15, 0.2) is 79.1 Å². The fraction of sp³-hybridized carbons (Fsp3) is 0.280. The van der Waals surface area contributed by atoms with E-state index in [9.17, 15) is 4.79 Å². The molecule has 4 nitrogen and oxygen atoms in total. The molecule has 148 valence electrons. The monoisotopic (exact) mass is 385 g/mol. The van der Waals surface area contributed by atoms with Crippen LogP contribution in [0.2, 0.25) is 0 Å². The van der Waals surface area contributed by atoms with E-state index in [2.05, 4.69) is 39.5 Å². The number of piperidine rings is 1. The molecule has 0 bridgehead atoms. The van der Waals surface area contributed by atoms with Crippen molar-refractivity contribution in [2.45, 2.75) is 19.4 Å². The van der Waals surface area contributed by atoms with Crippen LogP contribution in [-0.2, 0) is 6.54 Å². The Bertz CT molecular complexity index is 902. The molecule has 0 aliphatic carbocycles. The predicted molar refractivity (Wildman–Crippen MR) is 116 cm³/mol. The highest BCUT2D eigenvalue weighted by molar-refractivity contribution is 5.94. The molecule has 1 aliphatic rings. The summed E-state index contributed by atoms with van der Waals surface area (Å²) in [4.78, 5) is 19.1.